The molecule has 0 saturated heterocycles. The van der Waals surface area contributed by atoms with Crippen LogP contribution in [0.1, 0.15) is 83.1 Å². The van der Waals surface area contributed by atoms with Gasteiger partial charge in [0.05, 0.1) is 5.69 Å². The highest BCUT2D eigenvalue weighted by atomic mass is 16.4. The number of anilines is 1. The lowest BCUT2D eigenvalue weighted by Gasteiger charge is -2.33. The number of amides is 1. The van der Waals surface area contributed by atoms with Crippen molar-refractivity contribution in [1.29, 1.82) is 0 Å². The van der Waals surface area contributed by atoms with Gasteiger partial charge in [-0.15, -0.1) is 0 Å². The molecule has 11 nitrogen and oxygen atoms in total. The number of aliphatic imine (C=N–C) groups is 1. The summed E-state index contributed by atoms with van der Waals surface area (Å²) in [5.74, 6) is 2.22. The maximum absolute atomic E-state index is 11.9. The molecule has 3 aromatic rings. The SMILES string of the molecule is CC1CCC(Cn2c(C(C)(O)c3ccccn3)nc3nc(/C(N)=N/C(=O)O)nc(N[C@H](C)C4CCC4)c32)CC1. The third-order valence-electron chi connectivity index (χ3n) is 8.44. The fourth-order valence-electron chi connectivity index (χ4n) is 5.76. The highest BCUT2D eigenvalue weighted by molar-refractivity contribution is 6.01. The smallest absolute Gasteiger partial charge is 0.433 e. The molecule has 39 heavy (non-hydrogen) atoms. The molecule has 11 heteroatoms. The quantitative estimate of drug-likeness (QED) is 0.244. The molecule has 2 aliphatic rings. The topological polar surface area (TPSA) is 164 Å². The molecule has 5 N–H and O–H groups in total. The van der Waals surface area contributed by atoms with Crippen LogP contribution in [0.4, 0.5) is 10.6 Å². The summed E-state index contributed by atoms with van der Waals surface area (Å²) in [5.41, 5.74) is 5.93. The number of amidine groups is 1. The normalized spacial score (nSPS) is 22.7. The monoisotopic (exact) mass is 534 g/mol. The van der Waals surface area contributed by atoms with Crippen molar-refractivity contribution >= 4 is 28.9 Å². The number of fused-ring (bicyclic) bond motifs is 1. The number of carbonyl (C=O) groups is 1. The molecule has 2 aliphatic carbocycles. The summed E-state index contributed by atoms with van der Waals surface area (Å²) in [4.78, 5) is 33.1. The highest BCUT2D eigenvalue weighted by Crippen LogP contribution is 2.37. The van der Waals surface area contributed by atoms with Crippen molar-refractivity contribution in [2.75, 3.05) is 5.32 Å². The van der Waals surface area contributed by atoms with Crippen LogP contribution in [0.3, 0.4) is 0 Å². The van der Waals surface area contributed by atoms with E-state index in [-0.39, 0.29) is 17.7 Å². The molecule has 5 rings (SSSR count). The van der Waals surface area contributed by atoms with E-state index in [1.165, 1.54) is 6.42 Å². The number of nitrogens with one attached hydrogen (secondary N) is 1. The Morgan fingerprint density at radius 3 is 2.56 bits per heavy atom. The van der Waals surface area contributed by atoms with E-state index in [1.807, 2.05) is 10.6 Å². The number of hydrogen-bond donors (Lipinski definition) is 4. The lowest BCUT2D eigenvalue weighted by atomic mass is 9.80. The first-order valence-corrected chi connectivity index (χ1v) is 13.9. The van der Waals surface area contributed by atoms with Gasteiger partial charge in [-0.25, -0.2) is 19.7 Å². The van der Waals surface area contributed by atoms with Gasteiger partial charge in [-0.1, -0.05) is 32.3 Å². The number of nitrogens with zero attached hydrogens (tertiary/aromatic N) is 6. The van der Waals surface area contributed by atoms with Gasteiger partial charge < -0.3 is 25.8 Å². The van der Waals surface area contributed by atoms with Crippen molar-refractivity contribution in [3.05, 3.63) is 41.7 Å². The molecule has 0 aliphatic heterocycles. The minimum Gasteiger partial charge on any atom is -0.463 e. The largest absolute Gasteiger partial charge is 0.463 e. The van der Waals surface area contributed by atoms with Crippen molar-refractivity contribution in [3.8, 4) is 0 Å². The van der Waals surface area contributed by atoms with E-state index in [4.69, 9.17) is 15.8 Å². The Hall–Kier alpha value is -3.60. The van der Waals surface area contributed by atoms with Gasteiger partial charge >= 0.3 is 6.09 Å². The number of aliphatic hydroxyl groups is 1. The number of pyridine rings is 1. The summed E-state index contributed by atoms with van der Waals surface area (Å²) in [6.07, 6.45) is 8.20. The Bertz CT molecular complexity index is 1360. The van der Waals surface area contributed by atoms with Crippen molar-refractivity contribution in [1.82, 2.24) is 24.5 Å². The lowest BCUT2D eigenvalue weighted by Crippen LogP contribution is -2.32. The molecule has 2 saturated carbocycles. The first kappa shape index (κ1) is 27.0. The molecule has 1 amide bonds. The molecule has 0 aromatic carbocycles. The molecule has 3 heterocycles. The van der Waals surface area contributed by atoms with Gasteiger partial charge in [0.2, 0.25) is 0 Å². The fourth-order valence-corrected chi connectivity index (χ4v) is 5.76. The number of imidazole rings is 1. The maximum Gasteiger partial charge on any atom is 0.433 e. The summed E-state index contributed by atoms with van der Waals surface area (Å²) in [6.45, 7) is 6.76. The van der Waals surface area contributed by atoms with Gasteiger partial charge in [-0.3, -0.25) is 4.98 Å². The fraction of sp³-hybridized carbons (Fsp3) is 0.571. The Morgan fingerprint density at radius 1 is 1.21 bits per heavy atom. The van der Waals surface area contributed by atoms with Gasteiger partial charge in [0, 0.05) is 18.8 Å². The lowest BCUT2D eigenvalue weighted by molar-refractivity contribution is 0.0820. The highest BCUT2D eigenvalue weighted by Gasteiger charge is 2.36. The first-order valence-electron chi connectivity index (χ1n) is 13.9. The minimum atomic E-state index is -1.51. The summed E-state index contributed by atoms with van der Waals surface area (Å²) in [7, 11) is 0. The second-order valence-corrected chi connectivity index (χ2v) is 11.4. The van der Waals surface area contributed by atoms with Crippen LogP contribution in [0, 0.1) is 17.8 Å². The van der Waals surface area contributed by atoms with Crippen LogP contribution in [-0.4, -0.2) is 52.7 Å². The van der Waals surface area contributed by atoms with Gasteiger partial charge in [0.25, 0.3) is 0 Å². The third kappa shape index (κ3) is 5.59. The van der Waals surface area contributed by atoms with Crippen molar-refractivity contribution in [2.24, 2.45) is 28.5 Å². The number of aromatic nitrogens is 5. The average molecular weight is 535 g/mol. The molecule has 208 valence electrons. The molecule has 2 fully saturated rings. The summed E-state index contributed by atoms with van der Waals surface area (Å²) >= 11 is 0. The molecule has 1 unspecified atom stereocenters. The first-order chi connectivity index (χ1) is 18.6. The molecule has 0 radical (unpaired) electrons. The molecular weight excluding hydrogens is 496 g/mol. The van der Waals surface area contributed by atoms with Gasteiger partial charge in [-0.2, -0.15) is 4.99 Å². The van der Waals surface area contributed by atoms with Gasteiger partial charge in [-0.05, 0) is 69.4 Å². The Kier molecular flexibility index (Phi) is 7.53. The molecule has 0 spiro atoms. The number of hydrogen-bond acceptors (Lipinski definition) is 7. The predicted octanol–water partition coefficient (Wildman–Crippen LogP) is 4.29. The van der Waals surface area contributed by atoms with Crippen LogP contribution < -0.4 is 11.1 Å². The standard InChI is InChI=1S/C28H38N8O3/c1-16-10-12-18(13-11-16)15-36-21-23(31-17(2)19-7-6-8-19)33-25(22(29)32-27(37)38)34-24(21)35-26(36)28(3,39)20-9-4-5-14-30-20/h4-5,9,14,16-19,39H,6-8,10-13,15H2,1-3H3,(H2,29,32)(H,37,38)(H,31,33,34)/t16?,17-,18?,28?/m1/s1. The van der Waals surface area contributed by atoms with E-state index < -0.39 is 11.7 Å². The Morgan fingerprint density at radius 2 is 1.95 bits per heavy atom. The summed E-state index contributed by atoms with van der Waals surface area (Å²) in [5, 5.41) is 24.6. The number of nitrogens with two attached hydrogens (primary N) is 1. The zero-order valence-electron chi connectivity index (χ0n) is 22.8. The number of carboxylic acid groups (broad SMARTS) is 1. The molecule has 3 aromatic heterocycles. The Labute approximate surface area is 228 Å². The van der Waals surface area contributed by atoms with Crippen molar-refractivity contribution < 1.29 is 15.0 Å². The van der Waals surface area contributed by atoms with E-state index in [0.717, 1.165) is 38.5 Å². The average Bonchev–Trinajstić information content (AvgIpc) is 3.23. The van der Waals surface area contributed by atoms with E-state index in [1.54, 1.807) is 25.3 Å². The van der Waals surface area contributed by atoms with Gasteiger partial charge in [0.1, 0.15) is 11.3 Å². The van der Waals surface area contributed by atoms with E-state index >= 15 is 0 Å². The molecular formula is C28H38N8O3. The second kappa shape index (κ2) is 10.9. The van der Waals surface area contributed by atoms with E-state index in [2.05, 4.69) is 39.1 Å². The van der Waals surface area contributed by atoms with Crippen molar-refractivity contribution in [2.45, 2.75) is 83.9 Å². The van der Waals surface area contributed by atoms with Crippen LogP contribution in [0.15, 0.2) is 29.4 Å². The van der Waals surface area contributed by atoms with Crippen molar-refractivity contribution in [3.63, 3.8) is 0 Å². The van der Waals surface area contributed by atoms with Crippen LogP contribution in [0.2, 0.25) is 0 Å². The molecule has 0 bridgehead atoms. The zero-order valence-corrected chi connectivity index (χ0v) is 22.8. The summed E-state index contributed by atoms with van der Waals surface area (Å²) < 4.78 is 2.04. The van der Waals surface area contributed by atoms with Crippen LogP contribution >= 0.6 is 0 Å². The maximum atomic E-state index is 11.9. The minimum absolute atomic E-state index is 0.0200. The van der Waals surface area contributed by atoms with E-state index in [0.29, 0.717) is 52.8 Å². The molecule has 2 atom stereocenters. The third-order valence-corrected chi connectivity index (χ3v) is 8.44. The van der Waals surface area contributed by atoms with Crippen LogP contribution in [0.5, 0.6) is 0 Å². The van der Waals surface area contributed by atoms with Crippen LogP contribution in [-0.2, 0) is 12.1 Å². The van der Waals surface area contributed by atoms with Crippen LogP contribution in [0.25, 0.3) is 11.2 Å². The zero-order chi connectivity index (χ0) is 27.7. The number of rotatable bonds is 8. The Balaban J connectivity index is 1.69. The van der Waals surface area contributed by atoms with E-state index in [9.17, 15) is 9.90 Å². The predicted molar refractivity (Wildman–Crippen MR) is 149 cm³/mol. The second-order valence-electron chi connectivity index (χ2n) is 11.4. The van der Waals surface area contributed by atoms with Gasteiger partial charge in [0.15, 0.2) is 28.7 Å². The summed E-state index contributed by atoms with van der Waals surface area (Å²) in [6, 6.07) is 5.54.